The number of aliphatic imine (C=N–C) groups is 1. The lowest BCUT2D eigenvalue weighted by Crippen LogP contribution is -2.47. The molecule has 0 spiro atoms. The molecule has 2 aliphatic heterocycles. The summed E-state index contributed by atoms with van der Waals surface area (Å²) in [6, 6.07) is 17.3. The lowest BCUT2D eigenvalue weighted by Gasteiger charge is -2.31. The second kappa shape index (κ2) is 8.69. The van der Waals surface area contributed by atoms with E-state index in [1.807, 2.05) is 36.4 Å². The van der Waals surface area contributed by atoms with Crippen molar-refractivity contribution in [3.05, 3.63) is 54.1 Å². The number of likely N-dealkylation sites (N-methyl/N-ethyl adjacent to an activating group) is 1. The number of amides is 1. The predicted molar refractivity (Wildman–Crippen MR) is 123 cm³/mol. The third kappa shape index (κ3) is 4.73. The van der Waals surface area contributed by atoms with Crippen LogP contribution in [0.5, 0.6) is 0 Å². The van der Waals surface area contributed by atoms with E-state index in [4.69, 9.17) is 9.73 Å². The van der Waals surface area contributed by atoms with E-state index in [0.29, 0.717) is 25.2 Å². The van der Waals surface area contributed by atoms with Crippen LogP contribution in [0.3, 0.4) is 0 Å². The normalized spacial score (nSPS) is 19.2. The molecule has 7 nitrogen and oxygen atoms in total. The van der Waals surface area contributed by atoms with E-state index in [0.717, 1.165) is 61.6 Å². The molecule has 0 unspecified atom stereocenters. The number of nitrogens with zero attached hydrogens (tertiary/aromatic N) is 4. The molecule has 1 aliphatic carbocycles. The largest absolute Gasteiger partial charge is 0.460 e. The first kappa shape index (κ1) is 20.0. The minimum atomic E-state index is 0.0226. The molecule has 1 saturated heterocycles. The Labute approximate surface area is 183 Å². The first-order valence-electron chi connectivity index (χ1n) is 11.1. The Morgan fingerprint density at radius 3 is 2.65 bits per heavy atom. The summed E-state index contributed by atoms with van der Waals surface area (Å²) in [4.78, 5) is 24.0. The second-order valence-corrected chi connectivity index (χ2v) is 8.59. The third-order valence-electron chi connectivity index (χ3n) is 6.05. The predicted octanol–water partition coefficient (Wildman–Crippen LogP) is 3.06. The lowest BCUT2D eigenvalue weighted by molar-refractivity contribution is -0.117. The van der Waals surface area contributed by atoms with Crippen molar-refractivity contribution >= 4 is 29.0 Å². The molecule has 31 heavy (non-hydrogen) atoms. The zero-order chi connectivity index (χ0) is 21.2. The van der Waals surface area contributed by atoms with Gasteiger partial charge in [0, 0.05) is 49.2 Å². The standard InChI is InChI=1S/C24H29N5O2/c1-27-11-13-28(14-12-27)16-23(30)25-19-7-10-22-18(15-19)17-31-24(26-22)29(21-8-9-21)20-5-3-2-4-6-20/h2-7,10,15,21H,8-9,11-14,16-17H2,1H3,(H,25,30). The molecule has 162 valence electrons. The van der Waals surface area contributed by atoms with Crippen LogP contribution < -0.4 is 10.2 Å². The number of carbonyl (C=O) groups is 1. The SMILES string of the molecule is CN1CCN(CC(=O)Nc2ccc3c(c2)COC(N(c2ccccc2)C2CC2)=N3)CC1. The summed E-state index contributed by atoms with van der Waals surface area (Å²) in [5.41, 5.74) is 3.80. The monoisotopic (exact) mass is 419 g/mol. The highest BCUT2D eigenvalue weighted by Crippen LogP contribution is 2.35. The Kier molecular flexibility index (Phi) is 5.61. The number of ether oxygens (including phenoxy) is 1. The maximum atomic E-state index is 12.5. The van der Waals surface area contributed by atoms with Crippen LogP contribution in [-0.2, 0) is 16.1 Å². The Morgan fingerprint density at radius 2 is 1.90 bits per heavy atom. The maximum Gasteiger partial charge on any atom is 0.297 e. The molecule has 3 aliphatic rings. The average Bonchev–Trinajstić information content (AvgIpc) is 3.61. The fourth-order valence-electron chi connectivity index (χ4n) is 4.10. The fraction of sp³-hybridized carbons (Fsp3) is 0.417. The van der Waals surface area contributed by atoms with Gasteiger partial charge in [-0.15, -0.1) is 0 Å². The van der Waals surface area contributed by atoms with E-state index < -0.39 is 0 Å². The van der Waals surface area contributed by atoms with Crippen LogP contribution in [0.2, 0.25) is 0 Å². The number of carbonyl (C=O) groups excluding carboxylic acids is 1. The quantitative estimate of drug-likeness (QED) is 0.807. The molecule has 2 heterocycles. The van der Waals surface area contributed by atoms with Gasteiger partial charge in [0.1, 0.15) is 6.61 Å². The molecular formula is C24H29N5O2. The minimum Gasteiger partial charge on any atom is -0.460 e. The molecule has 0 aromatic heterocycles. The van der Waals surface area contributed by atoms with E-state index in [9.17, 15) is 4.79 Å². The van der Waals surface area contributed by atoms with Crippen LogP contribution in [0, 0.1) is 0 Å². The summed E-state index contributed by atoms with van der Waals surface area (Å²) in [5.74, 6) is 0.0226. The number of hydrogen-bond acceptors (Lipinski definition) is 6. The van der Waals surface area contributed by atoms with E-state index >= 15 is 0 Å². The summed E-state index contributed by atoms with van der Waals surface area (Å²) in [5, 5.41) is 3.03. The summed E-state index contributed by atoms with van der Waals surface area (Å²) in [7, 11) is 2.12. The number of fused-ring (bicyclic) bond motifs is 1. The van der Waals surface area contributed by atoms with Crippen LogP contribution in [0.1, 0.15) is 18.4 Å². The highest BCUT2D eigenvalue weighted by Gasteiger charge is 2.34. The van der Waals surface area contributed by atoms with Crippen LogP contribution >= 0.6 is 0 Å². The lowest BCUT2D eigenvalue weighted by atomic mass is 10.1. The molecule has 0 atom stereocenters. The highest BCUT2D eigenvalue weighted by molar-refractivity contribution is 5.96. The number of amidine groups is 1. The van der Waals surface area contributed by atoms with Gasteiger partial charge in [-0.3, -0.25) is 14.6 Å². The topological polar surface area (TPSA) is 60.4 Å². The van der Waals surface area contributed by atoms with Crippen molar-refractivity contribution in [1.82, 2.24) is 9.80 Å². The number of anilines is 2. The van der Waals surface area contributed by atoms with Crippen molar-refractivity contribution in [3.8, 4) is 0 Å². The van der Waals surface area contributed by atoms with Crippen molar-refractivity contribution in [3.63, 3.8) is 0 Å². The number of piperazine rings is 1. The van der Waals surface area contributed by atoms with Gasteiger partial charge >= 0.3 is 0 Å². The molecule has 1 amide bonds. The first-order valence-corrected chi connectivity index (χ1v) is 11.1. The number of nitrogens with one attached hydrogen (secondary N) is 1. The Balaban J connectivity index is 1.27. The molecule has 5 rings (SSSR count). The molecule has 7 heteroatoms. The molecule has 2 aromatic rings. The maximum absolute atomic E-state index is 12.5. The molecule has 0 radical (unpaired) electrons. The van der Waals surface area contributed by atoms with Crippen LogP contribution in [-0.4, -0.2) is 67.5 Å². The van der Waals surface area contributed by atoms with Gasteiger partial charge in [0.2, 0.25) is 5.91 Å². The average molecular weight is 420 g/mol. The van der Waals surface area contributed by atoms with Crippen LogP contribution in [0.15, 0.2) is 53.5 Å². The number of benzene rings is 2. The Morgan fingerprint density at radius 1 is 1.13 bits per heavy atom. The van der Waals surface area contributed by atoms with E-state index in [1.54, 1.807) is 0 Å². The zero-order valence-corrected chi connectivity index (χ0v) is 18.0. The Bertz CT molecular complexity index is 965. The third-order valence-corrected chi connectivity index (χ3v) is 6.05. The van der Waals surface area contributed by atoms with Crippen LogP contribution in [0.25, 0.3) is 0 Å². The highest BCUT2D eigenvalue weighted by atomic mass is 16.5. The van der Waals surface area contributed by atoms with Gasteiger partial charge in [-0.2, -0.15) is 4.99 Å². The van der Waals surface area contributed by atoms with Gasteiger partial charge in [-0.1, -0.05) is 18.2 Å². The molecule has 1 saturated carbocycles. The van der Waals surface area contributed by atoms with Gasteiger partial charge in [0.15, 0.2) is 0 Å². The first-order chi connectivity index (χ1) is 15.2. The molecule has 2 aromatic carbocycles. The van der Waals surface area contributed by atoms with Gasteiger partial charge in [0.05, 0.1) is 12.2 Å². The smallest absolute Gasteiger partial charge is 0.297 e. The summed E-state index contributed by atoms with van der Waals surface area (Å²) in [6.07, 6.45) is 2.31. The zero-order valence-electron chi connectivity index (χ0n) is 18.0. The van der Waals surface area contributed by atoms with Gasteiger partial charge in [-0.25, -0.2) is 0 Å². The van der Waals surface area contributed by atoms with E-state index in [2.05, 4.69) is 39.2 Å². The fourth-order valence-corrected chi connectivity index (χ4v) is 4.10. The van der Waals surface area contributed by atoms with Crippen molar-refractivity contribution in [2.45, 2.75) is 25.5 Å². The summed E-state index contributed by atoms with van der Waals surface area (Å²) >= 11 is 0. The van der Waals surface area contributed by atoms with Crippen molar-refractivity contribution < 1.29 is 9.53 Å². The summed E-state index contributed by atoms with van der Waals surface area (Å²) in [6.45, 7) is 4.75. The number of hydrogen-bond donors (Lipinski definition) is 1. The molecule has 1 N–H and O–H groups in total. The molecular weight excluding hydrogens is 390 g/mol. The van der Waals surface area contributed by atoms with Gasteiger partial charge < -0.3 is 15.0 Å². The van der Waals surface area contributed by atoms with Crippen LogP contribution in [0.4, 0.5) is 17.1 Å². The second-order valence-electron chi connectivity index (χ2n) is 8.59. The van der Waals surface area contributed by atoms with Crippen molar-refractivity contribution in [2.75, 3.05) is 50.0 Å². The van der Waals surface area contributed by atoms with Gasteiger partial charge in [0.25, 0.3) is 6.02 Å². The van der Waals surface area contributed by atoms with Crippen molar-refractivity contribution in [1.29, 1.82) is 0 Å². The van der Waals surface area contributed by atoms with E-state index in [-0.39, 0.29) is 5.91 Å². The van der Waals surface area contributed by atoms with Gasteiger partial charge in [-0.05, 0) is 50.2 Å². The van der Waals surface area contributed by atoms with E-state index in [1.165, 1.54) is 0 Å². The Hall–Kier alpha value is -2.90. The summed E-state index contributed by atoms with van der Waals surface area (Å²) < 4.78 is 6.06. The molecule has 0 bridgehead atoms. The minimum absolute atomic E-state index is 0.0226. The number of para-hydroxylation sites is 1. The number of rotatable bonds is 5. The van der Waals surface area contributed by atoms with Crippen molar-refractivity contribution in [2.24, 2.45) is 4.99 Å². The molecule has 2 fully saturated rings.